The van der Waals surface area contributed by atoms with Crippen molar-refractivity contribution in [3.8, 4) is 6.07 Å². The van der Waals surface area contributed by atoms with E-state index in [1.54, 1.807) is 0 Å². The molecule has 1 aromatic carbocycles. The molecule has 0 fully saturated rings. The molecule has 1 heterocycles. The van der Waals surface area contributed by atoms with E-state index in [1.165, 1.54) is 19.2 Å². The third-order valence-corrected chi connectivity index (χ3v) is 3.03. The summed E-state index contributed by atoms with van der Waals surface area (Å²) in [6.45, 7) is 1.31. The Morgan fingerprint density at radius 3 is 2.85 bits per heavy atom. The van der Waals surface area contributed by atoms with Crippen LogP contribution >= 0.6 is 15.9 Å². The molecule has 0 saturated heterocycles. The molecule has 20 heavy (non-hydrogen) atoms. The molecular formula is C11H7BrF2N6. The van der Waals surface area contributed by atoms with Crippen LogP contribution in [0.15, 0.2) is 16.7 Å². The van der Waals surface area contributed by atoms with Crippen LogP contribution in [0.25, 0.3) is 5.57 Å². The highest BCUT2D eigenvalue weighted by Crippen LogP contribution is 2.28. The molecule has 0 aliphatic heterocycles. The maximum Gasteiger partial charge on any atom is 0.216 e. The topological polar surface area (TPSA) is 90.3 Å². The second-order valence-corrected chi connectivity index (χ2v) is 4.56. The van der Waals surface area contributed by atoms with E-state index in [4.69, 9.17) is 5.26 Å². The van der Waals surface area contributed by atoms with Crippen LogP contribution in [0.4, 0.5) is 14.5 Å². The highest BCUT2D eigenvalue weighted by atomic mass is 79.9. The molecule has 2 rings (SSSR count). The van der Waals surface area contributed by atoms with Crippen molar-refractivity contribution in [1.29, 1.82) is 5.26 Å². The van der Waals surface area contributed by atoms with Crippen LogP contribution in [0, 0.1) is 29.9 Å². The third-order valence-electron chi connectivity index (χ3n) is 2.45. The molecule has 6 nitrogen and oxygen atoms in total. The molecule has 0 saturated carbocycles. The van der Waals surface area contributed by atoms with E-state index < -0.39 is 11.6 Å². The summed E-state index contributed by atoms with van der Waals surface area (Å²) in [6.07, 6.45) is 1.22. The van der Waals surface area contributed by atoms with Gasteiger partial charge in [0.1, 0.15) is 17.5 Å². The Kier molecular flexibility index (Phi) is 4.05. The van der Waals surface area contributed by atoms with Gasteiger partial charge in [0.05, 0.1) is 10.2 Å². The molecule has 0 spiro atoms. The molecule has 0 amide bonds. The average Bonchev–Trinajstić information content (AvgIpc) is 2.96. The number of H-pyrrole nitrogens is 1. The summed E-state index contributed by atoms with van der Waals surface area (Å²) >= 11 is 2.99. The SMILES string of the molecule is Cc1c(F)c(Br)cc(NC=C(C#N)c2nn[nH]n2)c1F. The largest absolute Gasteiger partial charge is 0.358 e. The van der Waals surface area contributed by atoms with Crippen molar-refractivity contribution in [2.24, 2.45) is 0 Å². The second-order valence-electron chi connectivity index (χ2n) is 3.71. The smallest absolute Gasteiger partial charge is 0.216 e. The molecule has 2 N–H and O–H groups in total. The summed E-state index contributed by atoms with van der Waals surface area (Å²) in [4.78, 5) is 0. The summed E-state index contributed by atoms with van der Waals surface area (Å²) in [7, 11) is 0. The van der Waals surface area contributed by atoms with Crippen LogP contribution in [-0.4, -0.2) is 20.6 Å². The monoisotopic (exact) mass is 340 g/mol. The van der Waals surface area contributed by atoms with E-state index in [2.05, 4.69) is 41.9 Å². The first-order chi connectivity index (χ1) is 9.54. The van der Waals surface area contributed by atoms with Gasteiger partial charge in [-0.1, -0.05) is 0 Å². The maximum absolute atomic E-state index is 13.9. The van der Waals surface area contributed by atoms with E-state index in [-0.39, 0.29) is 27.1 Å². The average molecular weight is 341 g/mol. The third kappa shape index (κ3) is 2.65. The Morgan fingerprint density at radius 2 is 2.25 bits per heavy atom. The summed E-state index contributed by atoms with van der Waals surface area (Å²) in [5.74, 6) is -1.35. The summed E-state index contributed by atoms with van der Waals surface area (Å²) < 4.78 is 27.4. The van der Waals surface area contributed by atoms with E-state index in [0.717, 1.165) is 0 Å². The van der Waals surface area contributed by atoms with Crippen molar-refractivity contribution >= 4 is 27.2 Å². The van der Waals surface area contributed by atoms with Crippen LogP contribution in [0.1, 0.15) is 11.4 Å². The first-order valence-corrected chi connectivity index (χ1v) is 6.08. The predicted molar refractivity (Wildman–Crippen MR) is 70.2 cm³/mol. The van der Waals surface area contributed by atoms with Crippen LogP contribution in [-0.2, 0) is 0 Å². The van der Waals surface area contributed by atoms with Gasteiger partial charge in [-0.25, -0.2) is 8.78 Å². The number of aromatic amines is 1. The van der Waals surface area contributed by atoms with E-state index in [9.17, 15) is 8.78 Å². The Morgan fingerprint density at radius 1 is 1.50 bits per heavy atom. The Bertz CT molecular complexity index is 705. The number of hydrogen-bond acceptors (Lipinski definition) is 5. The fraction of sp³-hybridized carbons (Fsp3) is 0.0909. The lowest BCUT2D eigenvalue weighted by atomic mass is 10.2. The minimum absolute atomic E-state index is 0.0204. The van der Waals surface area contributed by atoms with Gasteiger partial charge in [0, 0.05) is 11.8 Å². The van der Waals surface area contributed by atoms with Crippen LogP contribution in [0.3, 0.4) is 0 Å². The van der Waals surface area contributed by atoms with Gasteiger partial charge in [-0.2, -0.15) is 10.5 Å². The van der Waals surface area contributed by atoms with Crippen molar-refractivity contribution in [2.75, 3.05) is 5.32 Å². The van der Waals surface area contributed by atoms with Gasteiger partial charge in [-0.05, 0) is 34.1 Å². The van der Waals surface area contributed by atoms with Gasteiger partial charge >= 0.3 is 0 Å². The first kappa shape index (κ1) is 14.1. The molecule has 0 aliphatic carbocycles. The van der Waals surface area contributed by atoms with E-state index in [1.807, 2.05) is 6.07 Å². The van der Waals surface area contributed by atoms with Crippen LogP contribution in [0.5, 0.6) is 0 Å². The first-order valence-electron chi connectivity index (χ1n) is 5.29. The highest BCUT2D eigenvalue weighted by molar-refractivity contribution is 9.10. The zero-order valence-electron chi connectivity index (χ0n) is 10.1. The van der Waals surface area contributed by atoms with Gasteiger partial charge < -0.3 is 5.32 Å². The lowest BCUT2D eigenvalue weighted by molar-refractivity contribution is 0.566. The van der Waals surface area contributed by atoms with Gasteiger partial charge in [0.15, 0.2) is 5.82 Å². The summed E-state index contributed by atoms with van der Waals surface area (Å²) in [6, 6.07) is 3.08. The maximum atomic E-state index is 13.9. The lowest BCUT2D eigenvalue weighted by Gasteiger charge is -2.08. The zero-order valence-corrected chi connectivity index (χ0v) is 11.7. The molecule has 0 atom stereocenters. The molecule has 0 radical (unpaired) electrons. The van der Waals surface area contributed by atoms with Gasteiger partial charge in [-0.15, -0.1) is 10.2 Å². The quantitative estimate of drug-likeness (QED) is 0.661. The minimum Gasteiger partial charge on any atom is -0.358 e. The number of halogens is 3. The fourth-order valence-electron chi connectivity index (χ4n) is 1.41. The number of aromatic nitrogens is 4. The van der Waals surface area contributed by atoms with Crippen LogP contribution in [0.2, 0.25) is 0 Å². The molecule has 0 aliphatic rings. The van der Waals surface area contributed by atoms with Crippen molar-refractivity contribution in [3.63, 3.8) is 0 Å². The number of allylic oxidation sites excluding steroid dienone is 1. The molecule has 1 aromatic heterocycles. The molecule has 0 bridgehead atoms. The van der Waals surface area contributed by atoms with E-state index >= 15 is 0 Å². The fourth-order valence-corrected chi connectivity index (χ4v) is 1.93. The van der Waals surface area contributed by atoms with E-state index in [0.29, 0.717) is 0 Å². The second kappa shape index (κ2) is 5.75. The van der Waals surface area contributed by atoms with Crippen molar-refractivity contribution in [2.45, 2.75) is 6.92 Å². The number of anilines is 1. The van der Waals surface area contributed by atoms with Gasteiger partial charge in [0.2, 0.25) is 5.82 Å². The van der Waals surface area contributed by atoms with Gasteiger partial charge in [0.25, 0.3) is 0 Å². The van der Waals surface area contributed by atoms with Gasteiger partial charge in [-0.3, -0.25) is 0 Å². The van der Waals surface area contributed by atoms with Crippen LogP contribution < -0.4 is 5.32 Å². The Labute approximate surface area is 120 Å². The number of hydrogen-bond donors (Lipinski definition) is 2. The summed E-state index contributed by atoms with van der Waals surface area (Å²) in [5, 5.41) is 24.3. The number of nitrogens with zero attached hydrogens (tertiary/aromatic N) is 4. The number of benzene rings is 1. The number of nitrogens with one attached hydrogen (secondary N) is 2. The Hall–Kier alpha value is -2.34. The van der Waals surface area contributed by atoms with Crippen molar-refractivity contribution < 1.29 is 8.78 Å². The number of nitriles is 1. The van der Waals surface area contributed by atoms with Crippen molar-refractivity contribution in [1.82, 2.24) is 20.6 Å². The predicted octanol–water partition coefficient (Wildman–Crippen LogP) is 2.53. The number of tetrazole rings is 1. The molecule has 0 unspecified atom stereocenters. The Balaban J connectivity index is 2.34. The number of rotatable bonds is 3. The molecule has 102 valence electrons. The summed E-state index contributed by atoms with van der Waals surface area (Å²) in [5.41, 5.74) is -0.0587. The van der Waals surface area contributed by atoms with Crippen molar-refractivity contribution in [3.05, 3.63) is 39.8 Å². The molecular weight excluding hydrogens is 334 g/mol. The minimum atomic E-state index is -0.743. The standard InChI is InChI=1S/C11H7BrF2N6/c1-5-9(13)7(12)2-8(10(5)14)16-4-6(3-15)11-17-19-20-18-11/h2,4,16H,1H3,(H,17,18,19,20). The molecule has 2 aromatic rings. The molecule has 9 heteroatoms. The zero-order chi connectivity index (χ0) is 14.7. The normalized spacial score (nSPS) is 11.2. The highest BCUT2D eigenvalue weighted by Gasteiger charge is 2.14. The lowest BCUT2D eigenvalue weighted by Crippen LogP contribution is -1.99.